The summed E-state index contributed by atoms with van der Waals surface area (Å²) < 4.78 is 26.5. The van der Waals surface area contributed by atoms with E-state index >= 15 is 0 Å². The fourth-order valence-corrected chi connectivity index (χ4v) is 2.74. The first-order chi connectivity index (χ1) is 9.94. The number of nitro groups is 1. The minimum absolute atomic E-state index is 0.146. The van der Waals surface area contributed by atoms with Crippen molar-refractivity contribution in [2.75, 3.05) is 12.4 Å². The minimum Gasteiger partial charge on any atom is -0.388 e. The van der Waals surface area contributed by atoms with Crippen LogP contribution in [0.25, 0.3) is 0 Å². The zero-order valence-corrected chi connectivity index (χ0v) is 11.7. The van der Waals surface area contributed by atoms with Crippen molar-refractivity contribution in [3.8, 4) is 0 Å². The monoisotopic (exact) mass is 312 g/mol. The lowest BCUT2D eigenvalue weighted by atomic mass is 10.3. The molecule has 0 amide bonds. The molecule has 1 aromatic heterocycles. The summed E-state index contributed by atoms with van der Waals surface area (Å²) in [4.78, 5) is 13.6. The molecule has 0 aliphatic heterocycles. The molecule has 112 valence electrons. The van der Waals surface area contributed by atoms with Crippen LogP contribution in [0.1, 0.15) is 5.82 Å². The van der Waals surface area contributed by atoms with Gasteiger partial charge < -0.3 is 5.32 Å². The Morgan fingerprint density at radius 2 is 2.19 bits per heavy atom. The molecule has 0 aliphatic rings. The van der Waals surface area contributed by atoms with Gasteiger partial charge in [0.05, 0.1) is 11.5 Å². The maximum Gasteiger partial charge on any atom is 0.291 e. The summed E-state index contributed by atoms with van der Waals surface area (Å²) in [6.07, 6.45) is 1.23. The van der Waals surface area contributed by atoms with Crippen molar-refractivity contribution in [3.05, 3.63) is 40.5 Å². The summed E-state index contributed by atoms with van der Waals surface area (Å²) in [6.45, 7) is -0.146. The Balaban J connectivity index is 2.32. The molecule has 0 saturated carbocycles. The zero-order chi connectivity index (χ0) is 15.5. The highest BCUT2D eigenvalue weighted by atomic mass is 32.2. The fourth-order valence-electron chi connectivity index (χ4n) is 1.60. The lowest BCUT2D eigenvalue weighted by molar-refractivity contribution is -0.387. The molecular formula is C10H12N6O4S. The second kappa shape index (κ2) is 5.85. The van der Waals surface area contributed by atoms with Gasteiger partial charge in [-0.3, -0.25) is 15.2 Å². The third kappa shape index (κ3) is 3.32. The molecule has 3 N–H and O–H groups in total. The number of aromatic amines is 1. The fraction of sp³-hybridized carbons (Fsp3) is 0.200. The molecule has 2 aromatic rings. The number of sulfonamides is 1. The van der Waals surface area contributed by atoms with Gasteiger partial charge in [-0.2, -0.15) is 5.10 Å². The van der Waals surface area contributed by atoms with Gasteiger partial charge in [-0.05, 0) is 12.1 Å². The Morgan fingerprint density at radius 3 is 2.76 bits per heavy atom. The Morgan fingerprint density at radius 1 is 1.43 bits per heavy atom. The number of rotatable bonds is 6. The van der Waals surface area contributed by atoms with Crippen LogP contribution in [0.4, 0.5) is 11.4 Å². The van der Waals surface area contributed by atoms with Gasteiger partial charge in [0.2, 0.25) is 10.0 Å². The maximum atomic E-state index is 12.2. The molecule has 0 spiro atoms. The lowest BCUT2D eigenvalue weighted by Crippen LogP contribution is -2.24. The summed E-state index contributed by atoms with van der Waals surface area (Å²) in [5, 5.41) is 19.8. The number of nitro benzene ring substituents is 1. The maximum absolute atomic E-state index is 12.2. The second-order valence-electron chi connectivity index (χ2n) is 3.95. The molecule has 0 atom stereocenters. The van der Waals surface area contributed by atoms with E-state index in [4.69, 9.17) is 0 Å². The third-order valence-corrected chi connectivity index (χ3v) is 4.08. The molecular weight excluding hydrogens is 300 g/mol. The number of nitrogens with zero attached hydrogens (tertiary/aromatic N) is 3. The van der Waals surface area contributed by atoms with Gasteiger partial charge in [-0.25, -0.2) is 18.1 Å². The number of nitrogens with one attached hydrogen (secondary N) is 3. The van der Waals surface area contributed by atoms with Gasteiger partial charge in [0, 0.05) is 18.8 Å². The van der Waals surface area contributed by atoms with Crippen molar-refractivity contribution in [1.82, 2.24) is 19.9 Å². The Labute approximate surface area is 119 Å². The van der Waals surface area contributed by atoms with E-state index in [0.29, 0.717) is 11.5 Å². The van der Waals surface area contributed by atoms with Crippen LogP contribution in [-0.2, 0) is 16.6 Å². The summed E-state index contributed by atoms with van der Waals surface area (Å²) in [7, 11) is -2.47. The first-order valence-corrected chi connectivity index (χ1v) is 7.22. The van der Waals surface area contributed by atoms with E-state index in [2.05, 4.69) is 25.2 Å². The Hall–Kier alpha value is -2.53. The molecule has 2 rings (SSSR count). The molecule has 10 nitrogen and oxygen atoms in total. The van der Waals surface area contributed by atoms with Crippen LogP contribution in [0.15, 0.2) is 29.4 Å². The second-order valence-corrected chi connectivity index (χ2v) is 5.68. The van der Waals surface area contributed by atoms with E-state index in [1.165, 1.54) is 18.5 Å². The first kappa shape index (κ1) is 14.9. The van der Waals surface area contributed by atoms with Crippen LogP contribution in [-0.4, -0.2) is 35.6 Å². The van der Waals surface area contributed by atoms with Gasteiger partial charge in [0.25, 0.3) is 5.69 Å². The molecule has 0 fully saturated rings. The third-order valence-electron chi connectivity index (χ3n) is 2.63. The molecule has 21 heavy (non-hydrogen) atoms. The quantitative estimate of drug-likeness (QED) is 0.511. The highest BCUT2D eigenvalue weighted by Gasteiger charge is 2.26. The van der Waals surface area contributed by atoms with Gasteiger partial charge in [0.15, 0.2) is 4.90 Å². The molecule has 1 heterocycles. The number of anilines is 1. The highest BCUT2D eigenvalue weighted by molar-refractivity contribution is 7.89. The van der Waals surface area contributed by atoms with Crippen molar-refractivity contribution in [2.45, 2.75) is 11.4 Å². The average Bonchev–Trinajstić information content (AvgIpc) is 2.98. The normalized spacial score (nSPS) is 11.3. The van der Waals surface area contributed by atoms with E-state index in [9.17, 15) is 18.5 Å². The van der Waals surface area contributed by atoms with Crippen molar-refractivity contribution in [3.63, 3.8) is 0 Å². The van der Waals surface area contributed by atoms with Crippen molar-refractivity contribution in [2.24, 2.45) is 0 Å². The topological polar surface area (TPSA) is 143 Å². The molecule has 11 heteroatoms. The SMILES string of the molecule is CNc1ccc(S(=O)(=O)NCc2ncn[nH]2)c([N+](=O)[O-])c1. The highest BCUT2D eigenvalue weighted by Crippen LogP contribution is 2.26. The number of hydrogen-bond donors (Lipinski definition) is 3. The summed E-state index contributed by atoms with van der Waals surface area (Å²) in [5.41, 5.74) is -0.0668. The average molecular weight is 312 g/mol. The lowest BCUT2D eigenvalue weighted by Gasteiger charge is -2.07. The standard InChI is InChI=1S/C10H12N6O4S/c1-11-7-2-3-9(8(4-7)16(17)18)21(19,20)14-5-10-12-6-13-15-10/h2-4,6,11,14H,5H2,1H3,(H,12,13,15). The van der Waals surface area contributed by atoms with E-state index in [1.807, 2.05) is 0 Å². The smallest absolute Gasteiger partial charge is 0.291 e. The number of benzene rings is 1. The van der Waals surface area contributed by atoms with Crippen LogP contribution in [0.5, 0.6) is 0 Å². The first-order valence-electron chi connectivity index (χ1n) is 5.74. The molecule has 0 radical (unpaired) electrons. The molecule has 0 unspecified atom stereocenters. The van der Waals surface area contributed by atoms with Crippen LogP contribution in [0.2, 0.25) is 0 Å². The zero-order valence-electron chi connectivity index (χ0n) is 10.9. The summed E-state index contributed by atoms with van der Waals surface area (Å²) >= 11 is 0. The number of aromatic nitrogens is 3. The molecule has 0 bridgehead atoms. The van der Waals surface area contributed by atoms with E-state index in [-0.39, 0.29) is 6.54 Å². The van der Waals surface area contributed by atoms with Gasteiger partial charge in [-0.15, -0.1) is 0 Å². The molecule has 1 aromatic carbocycles. The van der Waals surface area contributed by atoms with Gasteiger partial charge in [0.1, 0.15) is 12.2 Å². The molecule has 0 aliphatic carbocycles. The van der Waals surface area contributed by atoms with E-state index < -0.39 is 25.5 Å². The predicted molar refractivity (Wildman–Crippen MR) is 73.1 cm³/mol. The van der Waals surface area contributed by atoms with Crippen LogP contribution in [0, 0.1) is 10.1 Å². The Bertz CT molecular complexity index is 743. The Kier molecular flexibility index (Phi) is 4.14. The summed E-state index contributed by atoms with van der Waals surface area (Å²) in [5.74, 6) is 0.299. The van der Waals surface area contributed by atoms with E-state index in [0.717, 1.165) is 6.07 Å². The van der Waals surface area contributed by atoms with Crippen molar-refractivity contribution in [1.29, 1.82) is 0 Å². The number of H-pyrrole nitrogens is 1. The molecule has 0 saturated heterocycles. The predicted octanol–water partition coefficient (Wildman–Crippen LogP) is 0.233. The van der Waals surface area contributed by atoms with E-state index in [1.54, 1.807) is 7.05 Å². The van der Waals surface area contributed by atoms with Gasteiger partial charge >= 0.3 is 0 Å². The van der Waals surface area contributed by atoms with Crippen LogP contribution >= 0.6 is 0 Å². The van der Waals surface area contributed by atoms with Crippen molar-refractivity contribution < 1.29 is 13.3 Å². The van der Waals surface area contributed by atoms with Crippen LogP contribution in [0.3, 0.4) is 0 Å². The summed E-state index contributed by atoms with van der Waals surface area (Å²) in [6, 6.07) is 3.77. The van der Waals surface area contributed by atoms with Gasteiger partial charge in [-0.1, -0.05) is 0 Å². The minimum atomic E-state index is -4.04. The van der Waals surface area contributed by atoms with Crippen molar-refractivity contribution >= 4 is 21.4 Å². The van der Waals surface area contributed by atoms with Crippen LogP contribution < -0.4 is 10.0 Å². The number of hydrogen-bond acceptors (Lipinski definition) is 7. The largest absolute Gasteiger partial charge is 0.388 e.